The van der Waals surface area contributed by atoms with Crippen molar-refractivity contribution in [2.24, 2.45) is 0 Å². The monoisotopic (exact) mass is 358 g/mol. The van der Waals surface area contributed by atoms with Crippen molar-refractivity contribution < 1.29 is 19.7 Å². The minimum absolute atomic E-state index is 0.147. The first-order valence-corrected chi connectivity index (χ1v) is 10.7. The van der Waals surface area contributed by atoms with E-state index in [1.807, 2.05) is 0 Å². The van der Waals surface area contributed by atoms with Gasteiger partial charge in [-0.3, -0.25) is 4.89 Å². The maximum atomic E-state index is 11.4. The Kier molecular flexibility index (Phi) is 19.2. The van der Waals surface area contributed by atoms with Crippen molar-refractivity contribution in [1.29, 1.82) is 0 Å². The first kappa shape index (κ1) is 24.4. The fourth-order valence-electron chi connectivity index (χ4n) is 2.85. The second kappa shape index (κ2) is 19.7. The molecule has 150 valence electrons. The van der Waals surface area contributed by atoms with E-state index >= 15 is 0 Å². The van der Waals surface area contributed by atoms with E-state index in [9.17, 15) is 4.79 Å². The summed E-state index contributed by atoms with van der Waals surface area (Å²) in [4.78, 5) is 20.7. The lowest BCUT2D eigenvalue weighted by Crippen LogP contribution is -2.16. The highest BCUT2D eigenvalue weighted by atomic mass is 17.2. The van der Waals surface area contributed by atoms with Gasteiger partial charge in [0.05, 0.1) is 6.61 Å². The van der Waals surface area contributed by atoms with Crippen molar-refractivity contribution in [3.05, 3.63) is 0 Å². The van der Waals surface area contributed by atoms with Gasteiger partial charge in [0, 0.05) is 6.42 Å². The summed E-state index contributed by atoms with van der Waals surface area (Å²) in [6.07, 6.45) is 19.6. The Balaban J connectivity index is 3.12. The van der Waals surface area contributed by atoms with Gasteiger partial charge in [-0.25, -0.2) is 4.79 Å². The molecule has 0 aromatic carbocycles. The number of carbonyl (C=O) groups excluding carboxylic acids is 1. The van der Waals surface area contributed by atoms with Crippen LogP contribution in [0.4, 0.5) is 0 Å². The molecule has 0 radical (unpaired) electrons. The van der Waals surface area contributed by atoms with Gasteiger partial charge in [0.1, 0.15) is 6.10 Å². The Bertz CT molecular complexity index is 281. The van der Waals surface area contributed by atoms with E-state index in [4.69, 9.17) is 9.99 Å². The third-order valence-corrected chi connectivity index (χ3v) is 4.55. The van der Waals surface area contributed by atoms with Crippen LogP contribution in [0, 0.1) is 0 Å². The van der Waals surface area contributed by atoms with Crippen LogP contribution >= 0.6 is 0 Å². The normalized spacial score (nSPS) is 12.3. The fraction of sp³-hybridized carbons (Fsp3) is 0.952. The second-order valence-corrected chi connectivity index (χ2v) is 7.24. The molecule has 0 spiro atoms. The van der Waals surface area contributed by atoms with E-state index in [0.717, 1.165) is 12.8 Å². The van der Waals surface area contributed by atoms with Crippen LogP contribution in [0.5, 0.6) is 0 Å². The van der Waals surface area contributed by atoms with E-state index in [1.165, 1.54) is 83.5 Å². The first-order chi connectivity index (χ1) is 12.2. The van der Waals surface area contributed by atoms with E-state index in [1.54, 1.807) is 6.92 Å². The van der Waals surface area contributed by atoms with Gasteiger partial charge in [-0.2, -0.15) is 4.89 Å². The predicted molar refractivity (Wildman–Crippen MR) is 103 cm³/mol. The number of carbonyl (C=O) groups is 1. The highest BCUT2D eigenvalue weighted by molar-refractivity contribution is 5.68. The molecule has 0 aliphatic rings. The summed E-state index contributed by atoms with van der Waals surface area (Å²) in [7, 11) is 0. The van der Waals surface area contributed by atoms with Gasteiger partial charge >= 0.3 is 5.97 Å². The van der Waals surface area contributed by atoms with Crippen LogP contribution in [0.15, 0.2) is 0 Å². The Labute approximate surface area is 155 Å². The van der Waals surface area contributed by atoms with E-state index in [-0.39, 0.29) is 12.6 Å². The zero-order chi connectivity index (χ0) is 18.6. The maximum absolute atomic E-state index is 11.4. The van der Waals surface area contributed by atoms with Crippen LogP contribution in [-0.4, -0.2) is 23.8 Å². The molecule has 0 saturated carbocycles. The standard InChI is InChI=1S/C21H42O4/c1-3-4-5-6-7-8-9-10-11-12-13-14-15-16-17-18-21(23)25-24-20(2)19-22/h20,22H,3-19H2,1-2H3. The first-order valence-electron chi connectivity index (χ1n) is 10.7. The number of aliphatic hydroxyl groups is 1. The molecular formula is C21H42O4. The second-order valence-electron chi connectivity index (χ2n) is 7.24. The molecule has 0 aromatic heterocycles. The third kappa shape index (κ3) is 19.6. The summed E-state index contributed by atoms with van der Waals surface area (Å²) in [6, 6.07) is 0. The van der Waals surface area contributed by atoms with Gasteiger partial charge in [-0.15, -0.1) is 0 Å². The topological polar surface area (TPSA) is 55.8 Å². The molecule has 0 rings (SSSR count). The number of rotatable bonds is 19. The largest absolute Gasteiger partial charge is 0.394 e. The summed E-state index contributed by atoms with van der Waals surface area (Å²) in [6.45, 7) is 3.78. The summed E-state index contributed by atoms with van der Waals surface area (Å²) in [5, 5.41) is 8.75. The molecule has 4 heteroatoms. The van der Waals surface area contributed by atoms with Gasteiger partial charge in [-0.05, 0) is 13.3 Å². The highest BCUT2D eigenvalue weighted by Crippen LogP contribution is 2.13. The molecule has 0 saturated heterocycles. The number of hydrogen-bond acceptors (Lipinski definition) is 4. The molecule has 0 heterocycles. The minimum Gasteiger partial charge on any atom is -0.394 e. The maximum Gasteiger partial charge on any atom is 0.342 e. The van der Waals surface area contributed by atoms with Crippen molar-refractivity contribution in [2.45, 2.75) is 123 Å². The fourth-order valence-corrected chi connectivity index (χ4v) is 2.85. The average Bonchev–Trinajstić information content (AvgIpc) is 2.62. The van der Waals surface area contributed by atoms with Crippen LogP contribution in [0.2, 0.25) is 0 Å². The summed E-state index contributed by atoms with van der Waals surface area (Å²) in [5.74, 6) is -0.338. The van der Waals surface area contributed by atoms with E-state index in [2.05, 4.69) is 11.8 Å². The van der Waals surface area contributed by atoms with Crippen molar-refractivity contribution in [3.63, 3.8) is 0 Å². The molecule has 0 fully saturated rings. The molecule has 0 aliphatic carbocycles. The zero-order valence-corrected chi connectivity index (χ0v) is 16.8. The van der Waals surface area contributed by atoms with Crippen molar-refractivity contribution in [3.8, 4) is 0 Å². The van der Waals surface area contributed by atoms with Crippen molar-refractivity contribution in [1.82, 2.24) is 0 Å². The molecule has 0 bridgehead atoms. The Hall–Kier alpha value is -0.610. The number of hydrogen-bond donors (Lipinski definition) is 1. The highest BCUT2D eigenvalue weighted by Gasteiger charge is 2.07. The quantitative estimate of drug-likeness (QED) is 0.172. The molecule has 0 amide bonds. The van der Waals surface area contributed by atoms with Crippen LogP contribution < -0.4 is 0 Å². The number of aliphatic hydroxyl groups excluding tert-OH is 1. The van der Waals surface area contributed by atoms with Gasteiger partial charge in [0.25, 0.3) is 0 Å². The Morgan fingerprint density at radius 1 is 0.760 bits per heavy atom. The SMILES string of the molecule is CCCCCCCCCCCCCCCCCC(=O)OOC(C)CO. The lowest BCUT2D eigenvalue weighted by Gasteiger charge is -2.07. The molecule has 4 nitrogen and oxygen atoms in total. The molecule has 1 N–H and O–H groups in total. The molecule has 1 unspecified atom stereocenters. The minimum atomic E-state index is -0.454. The van der Waals surface area contributed by atoms with Crippen LogP contribution in [-0.2, 0) is 14.6 Å². The molecule has 0 aromatic rings. The Morgan fingerprint density at radius 2 is 1.16 bits per heavy atom. The molecule has 25 heavy (non-hydrogen) atoms. The summed E-state index contributed by atoms with van der Waals surface area (Å²) >= 11 is 0. The number of unbranched alkanes of at least 4 members (excludes halogenated alkanes) is 14. The summed E-state index contributed by atoms with van der Waals surface area (Å²) in [5.41, 5.74) is 0. The lowest BCUT2D eigenvalue weighted by molar-refractivity contribution is -0.298. The molecule has 0 aliphatic heterocycles. The van der Waals surface area contributed by atoms with Crippen LogP contribution in [0.25, 0.3) is 0 Å². The van der Waals surface area contributed by atoms with Gasteiger partial charge < -0.3 is 5.11 Å². The van der Waals surface area contributed by atoms with Gasteiger partial charge in [0.2, 0.25) is 0 Å². The smallest absolute Gasteiger partial charge is 0.342 e. The Morgan fingerprint density at radius 3 is 1.56 bits per heavy atom. The molecular weight excluding hydrogens is 316 g/mol. The van der Waals surface area contributed by atoms with Gasteiger partial charge in [-0.1, -0.05) is 96.8 Å². The van der Waals surface area contributed by atoms with E-state index in [0.29, 0.717) is 6.42 Å². The lowest BCUT2D eigenvalue weighted by atomic mass is 10.0. The predicted octanol–water partition coefficient (Wildman–Crippen LogP) is 6.10. The van der Waals surface area contributed by atoms with Crippen molar-refractivity contribution >= 4 is 5.97 Å². The average molecular weight is 359 g/mol. The van der Waals surface area contributed by atoms with Crippen molar-refractivity contribution in [2.75, 3.05) is 6.61 Å². The third-order valence-electron chi connectivity index (χ3n) is 4.55. The van der Waals surface area contributed by atoms with Crippen LogP contribution in [0.3, 0.4) is 0 Å². The van der Waals surface area contributed by atoms with E-state index < -0.39 is 6.10 Å². The van der Waals surface area contributed by atoms with Gasteiger partial charge in [0.15, 0.2) is 0 Å². The summed E-state index contributed by atoms with van der Waals surface area (Å²) < 4.78 is 0. The van der Waals surface area contributed by atoms with Crippen LogP contribution in [0.1, 0.15) is 117 Å². The molecule has 1 atom stereocenters. The zero-order valence-electron chi connectivity index (χ0n) is 16.8.